The van der Waals surface area contributed by atoms with Crippen LogP contribution >= 0.6 is 0 Å². The molecule has 8 N–H and O–H groups in total. The fourth-order valence-corrected chi connectivity index (χ4v) is 3.82. The maximum absolute atomic E-state index is 6.08. The average molecular weight is 415 g/mol. The normalized spacial score (nSPS) is 13.7. The van der Waals surface area contributed by atoms with Crippen LogP contribution in [0.2, 0.25) is 0 Å². The van der Waals surface area contributed by atoms with Crippen molar-refractivity contribution >= 4 is 0 Å². The van der Waals surface area contributed by atoms with Gasteiger partial charge in [0.15, 0.2) is 0 Å². The second-order valence-electron chi connectivity index (χ2n) is 8.73. The fraction of sp³-hybridized carbons (Fsp3) is 1.00. The number of hydrogen-bond donors (Lipinski definition) is 4. The van der Waals surface area contributed by atoms with Crippen molar-refractivity contribution in [1.82, 2.24) is 0 Å². The minimum atomic E-state index is -0.199. The van der Waals surface area contributed by atoms with E-state index in [1.165, 1.54) is 103 Å². The van der Waals surface area contributed by atoms with Crippen molar-refractivity contribution in [3.8, 4) is 0 Å². The molecule has 0 aliphatic heterocycles. The summed E-state index contributed by atoms with van der Waals surface area (Å²) in [4.78, 5) is 0. The standard InChI is InChI=1S/C24H54N4O/c25-21-17-13-9-5-1-3-7-11-15-19-23(27)29-24(28)20-16-12-8-4-2-6-10-14-18-22-26/h23-24H,1-22,25-28H2. The molecule has 0 saturated carbocycles. The van der Waals surface area contributed by atoms with Crippen molar-refractivity contribution in [2.24, 2.45) is 22.9 Å². The van der Waals surface area contributed by atoms with Gasteiger partial charge in [-0.15, -0.1) is 0 Å². The van der Waals surface area contributed by atoms with Crippen LogP contribution in [0.15, 0.2) is 0 Å². The maximum atomic E-state index is 6.08. The number of rotatable bonds is 24. The first kappa shape index (κ1) is 28.8. The summed E-state index contributed by atoms with van der Waals surface area (Å²) in [6.45, 7) is 1.67. The Bertz CT molecular complexity index is 277. The molecule has 0 amide bonds. The van der Waals surface area contributed by atoms with E-state index in [-0.39, 0.29) is 12.5 Å². The van der Waals surface area contributed by atoms with Gasteiger partial charge in [0.25, 0.3) is 0 Å². The third-order valence-corrected chi connectivity index (χ3v) is 5.74. The molecule has 0 aromatic rings. The van der Waals surface area contributed by atoms with E-state index in [2.05, 4.69) is 0 Å². The Labute approximate surface area is 182 Å². The summed E-state index contributed by atoms with van der Waals surface area (Å²) in [5.41, 5.74) is 23.2. The largest absolute Gasteiger partial charge is 0.346 e. The van der Waals surface area contributed by atoms with Gasteiger partial charge in [0, 0.05) is 0 Å². The van der Waals surface area contributed by atoms with Gasteiger partial charge < -0.3 is 27.7 Å². The number of ether oxygens (including phenoxy) is 1. The lowest BCUT2D eigenvalue weighted by Gasteiger charge is -2.19. The SMILES string of the molecule is NCCCCCCCCCCCC(N)OC(N)CCCCCCCCCCCN. The summed E-state index contributed by atoms with van der Waals surface area (Å²) in [7, 11) is 0. The molecule has 29 heavy (non-hydrogen) atoms. The lowest BCUT2D eigenvalue weighted by Crippen LogP contribution is -2.34. The van der Waals surface area contributed by atoms with E-state index < -0.39 is 0 Å². The lowest BCUT2D eigenvalue weighted by atomic mass is 10.1. The smallest absolute Gasteiger partial charge is 0.107 e. The summed E-state index contributed by atoms with van der Waals surface area (Å²) < 4.78 is 5.75. The second-order valence-corrected chi connectivity index (χ2v) is 8.73. The second kappa shape index (κ2) is 24.1. The van der Waals surface area contributed by atoms with Crippen LogP contribution in [-0.4, -0.2) is 25.5 Å². The van der Waals surface area contributed by atoms with E-state index in [9.17, 15) is 0 Å². The van der Waals surface area contributed by atoms with Crippen LogP contribution in [0.1, 0.15) is 128 Å². The van der Waals surface area contributed by atoms with Gasteiger partial charge in [-0.1, -0.05) is 89.9 Å². The summed E-state index contributed by atoms with van der Waals surface area (Å²) in [5.74, 6) is 0. The molecule has 0 aliphatic rings. The van der Waals surface area contributed by atoms with Crippen molar-refractivity contribution in [3.05, 3.63) is 0 Å². The van der Waals surface area contributed by atoms with Crippen molar-refractivity contribution < 1.29 is 4.74 Å². The van der Waals surface area contributed by atoms with E-state index in [1.807, 2.05) is 0 Å². The van der Waals surface area contributed by atoms with Gasteiger partial charge >= 0.3 is 0 Å². The molecule has 2 atom stereocenters. The number of unbranched alkanes of at least 4 members (excludes halogenated alkanes) is 16. The first-order valence-electron chi connectivity index (χ1n) is 12.8. The zero-order valence-electron chi connectivity index (χ0n) is 19.4. The van der Waals surface area contributed by atoms with Gasteiger partial charge in [-0.05, 0) is 51.6 Å². The van der Waals surface area contributed by atoms with E-state index in [4.69, 9.17) is 27.7 Å². The minimum Gasteiger partial charge on any atom is -0.346 e. The first-order chi connectivity index (χ1) is 14.2. The molecule has 0 aromatic carbocycles. The molecule has 0 fully saturated rings. The Morgan fingerprint density at radius 1 is 0.379 bits per heavy atom. The minimum absolute atomic E-state index is 0.199. The van der Waals surface area contributed by atoms with Crippen LogP contribution in [0.3, 0.4) is 0 Å². The van der Waals surface area contributed by atoms with Crippen LogP contribution in [-0.2, 0) is 4.74 Å². The molecule has 0 spiro atoms. The third-order valence-electron chi connectivity index (χ3n) is 5.74. The molecule has 5 nitrogen and oxygen atoms in total. The summed E-state index contributed by atoms with van der Waals surface area (Å²) in [6, 6.07) is 0. The summed E-state index contributed by atoms with van der Waals surface area (Å²) >= 11 is 0. The van der Waals surface area contributed by atoms with E-state index >= 15 is 0 Å². The van der Waals surface area contributed by atoms with Crippen molar-refractivity contribution in [2.45, 2.75) is 141 Å². The highest BCUT2D eigenvalue weighted by Gasteiger charge is 2.09. The highest BCUT2D eigenvalue weighted by molar-refractivity contribution is 4.57. The number of nitrogens with two attached hydrogens (primary N) is 4. The molecule has 0 aromatic heterocycles. The third kappa shape index (κ3) is 23.9. The van der Waals surface area contributed by atoms with E-state index in [1.54, 1.807) is 0 Å². The predicted octanol–water partition coefficient (Wildman–Crippen LogP) is 5.29. The van der Waals surface area contributed by atoms with Gasteiger partial charge in [-0.3, -0.25) is 0 Å². The Morgan fingerprint density at radius 2 is 0.621 bits per heavy atom. The molecule has 2 unspecified atom stereocenters. The summed E-state index contributed by atoms with van der Waals surface area (Å²) in [6.07, 6.45) is 24.6. The zero-order valence-corrected chi connectivity index (χ0v) is 19.4. The quantitative estimate of drug-likeness (QED) is 0.126. The zero-order chi connectivity index (χ0) is 21.4. The fourth-order valence-electron chi connectivity index (χ4n) is 3.82. The average Bonchev–Trinajstić information content (AvgIpc) is 2.70. The molecule has 0 heterocycles. The van der Waals surface area contributed by atoms with Gasteiger partial charge in [0.1, 0.15) is 12.5 Å². The molecule has 5 heteroatoms. The Hall–Kier alpha value is -0.200. The topological polar surface area (TPSA) is 113 Å². The van der Waals surface area contributed by atoms with Gasteiger partial charge in [0.05, 0.1) is 0 Å². The Kier molecular flexibility index (Phi) is 23.9. The number of hydrogen-bond acceptors (Lipinski definition) is 5. The Morgan fingerprint density at radius 3 is 0.897 bits per heavy atom. The molecule has 176 valence electrons. The van der Waals surface area contributed by atoms with E-state index in [0.717, 1.165) is 38.8 Å². The maximum Gasteiger partial charge on any atom is 0.107 e. The highest BCUT2D eigenvalue weighted by atomic mass is 16.5. The van der Waals surface area contributed by atoms with Crippen LogP contribution in [0.5, 0.6) is 0 Å². The lowest BCUT2D eigenvalue weighted by molar-refractivity contribution is -0.0156. The molecule has 0 bridgehead atoms. The van der Waals surface area contributed by atoms with Crippen molar-refractivity contribution in [3.63, 3.8) is 0 Å². The molecule has 0 aliphatic carbocycles. The van der Waals surface area contributed by atoms with Crippen LogP contribution in [0.25, 0.3) is 0 Å². The molecular weight excluding hydrogens is 360 g/mol. The van der Waals surface area contributed by atoms with Gasteiger partial charge in [-0.2, -0.15) is 0 Å². The van der Waals surface area contributed by atoms with Crippen molar-refractivity contribution in [1.29, 1.82) is 0 Å². The predicted molar refractivity (Wildman–Crippen MR) is 127 cm³/mol. The highest BCUT2D eigenvalue weighted by Crippen LogP contribution is 2.13. The first-order valence-corrected chi connectivity index (χ1v) is 12.8. The molecule has 0 radical (unpaired) electrons. The van der Waals surface area contributed by atoms with Gasteiger partial charge in [-0.25, -0.2) is 0 Å². The van der Waals surface area contributed by atoms with Crippen LogP contribution in [0, 0.1) is 0 Å². The Balaban J connectivity index is 3.29. The van der Waals surface area contributed by atoms with Gasteiger partial charge in [0.2, 0.25) is 0 Å². The van der Waals surface area contributed by atoms with E-state index in [0.29, 0.717) is 0 Å². The molecule has 0 saturated heterocycles. The van der Waals surface area contributed by atoms with Crippen molar-refractivity contribution in [2.75, 3.05) is 13.1 Å². The van der Waals surface area contributed by atoms with Crippen LogP contribution < -0.4 is 22.9 Å². The molecular formula is C24H54N4O. The van der Waals surface area contributed by atoms with Crippen LogP contribution in [0.4, 0.5) is 0 Å². The molecule has 0 rings (SSSR count). The summed E-state index contributed by atoms with van der Waals surface area (Å²) in [5, 5.41) is 0. The monoisotopic (exact) mass is 414 g/mol.